The van der Waals surface area contributed by atoms with E-state index in [0.29, 0.717) is 17.2 Å². The Morgan fingerprint density at radius 3 is 2.52 bits per heavy atom. The summed E-state index contributed by atoms with van der Waals surface area (Å²) >= 11 is 0. The molecule has 112 valence electrons. The average Bonchev–Trinajstić information content (AvgIpc) is 2.82. The maximum atomic E-state index is 12.2. The van der Waals surface area contributed by atoms with Crippen molar-refractivity contribution >= 4 is 17.7 Å². The largest absolute Gasteiger partial charge is 0.328 e. The van der Waals surface area contributed by atoms with Gasteiger partial charge >= 0.3 is 6.01 Å². The summed E-state index contributed by atoms with van der Waals surface area (Å²) in [6.07, 6.45) is 0. The number of aryl methyl sites for hydroxylation is 1. The standard InChI is InChI=1S/C13H18N6O2/c1-7-15-12(21-19-7)17-11(20)8-5-9(13(2,3)4)16-10(6-8)18-14/h5-6H,14H2,1-4H3,(H,16,18)(H,15,17,19,20). The van der Waals surface area contributed by atoms with Crippen LogP contribution in [0.15, 0.2) is 16.7 Å². The highest BCUT2D eigenvalue weighted by Crippen LogP contribution is 2.23. The number of carbonyl (C=O) groups is 1. The molecular weight excluding hydrogens is 272 g/mol. The second-order valence-corrected chi connectivity index (χ2v) is 5.62. The van der Waals surface area contributed by atoms with Crippen LogP contribution >= 0.6 is 0 Å². The van der Waals surface area contributed by atoms with Crippen LogP contribution in [-0.2, 0) is 5.41 Å². The normalized spacial score (nSPS) is 11.3. The van der Waals surface area contributed by atoms with Crippen molar-refractivity contribution in [2.45, 2.75) is 33.1 Å². The van der Waals surface area contributed by atoms with Gasteiger partial charge in [-0.15, -0.1) is 0 Å². The minimum Gasteiger partial charge on any atom is -0.315 e. The van der Waals surface area contributed by atoms with Gasteiger partial charge in [0.15, 0.2) is 5.82 Å². The van der Waals surface area contributed by atoms with Gasteiger partial charge in [-0.25, -0.2) is 10.8 Å². The number of hydrogen-bond acceptors (Lipinski definition) is 7. The summed E-state index contributed by atoms with van der Waals surface area (Å²) < 4.78 is 4.86. The predicted molar refractivity (Wildman–Crippen MR) is 77.7 cm³/mol. The lowest BCUT2D eigenvalue weighted by molar-refractivity contribution is 0.102. The van der Waals surface area contributed by atoms with E-state index in [2.05, 4.69) is 25.9 Å². The van der Waals surface area contributed by atoms with Crippen LogP contribution in [0.1, 0.15) is 42.6 Å². The van der Waals surface area contributed by atoms with Gasteiger partial charge in [0.25, 0.3) is 5.91 Å². The summed E-state index contributed by atoms with van der Waals surface area (Å²) in [4.78, 5) is 20.5. The van der Waals surface area contributed by atoms with Crippen molar-refractivity contribution in [1.29, 1.82) is 0 Å². The summed E-state index contributed by atoms with van der Waals surface area (Å²) in [5.74, 6) is 5.89. The number of hydrogen-bond donors (Lipinski definition) is 3. The topological polar surface area (TPSA) is 119 Å². The molecule has 2 aromatic heterocycles. The van der Waals surface area contributed by atoms with Gasteiger partial charge in [-0.05, 0) is 19.1 Å². The maximum absolute atomic E-state index is 12.2. The molecule has 2 aromatic rings. The van der Waals surface area contributed by atoms with E-state index in [4.69, 9.17) is 10.4 Å². The molecule has 0 atom stereocenters. The van der Waals surface area contributed by atoms with Crippen molar-refractivity contribution in [1.82, 2.24) is 15.1 Å². The molecular formula is C13H18N6O2. The van der Waals surface area contributed by atoms with Gasteiger partial charge in [-0.3, -0.25) is 10.1 Å². The van der Waals surface area contributed by atoms with Crippen LogP contribution < -0.4 is 16.6 Å². The third-order valence-electron chi connectivity index (χ3n) is 2.75. The lowest BCUT2D eigenvalue weighted by atomic mass is 9.90. The van der Waals surface area contributed by atoms with Crippen LogP contribution in [-0.4, -0.2) is 21.0 Å². The number of hydrazine groups is 1. The van der Waals surface area contributed by atoms with Gasteiger partial charge in [0.05, 0.1) is 0 Å². The Morgan fingerprint density at radius 2 is 2.00 bits per heavy atom. The zero-order valence-electron chi connectivity index (χ0n) is 12.4. The highest BCUT2D eigenvalue weighted by molar-refractivity contribution is 6.03. The van der Waals surface area contributed by atoms with E-state index < -0.39 is 0 Å². The van der Waals surface area contributed by atoms with Gasteiger partial charge in [0.2, 0.25) is 0 Å². The van der Waals surface area contributed by atoms with Crippen molar-refractivity contribution in [2.75, 3.05) is 10.7 Å². The van der Waals surface area contributed by atoms with Crippen molar-refractivity contribution in [3.8, 4) is 0 Å². The third-order valence-corrected chi connectivity index (χ3v) is 2.75. The van der Waals surface area contributed by atoms with Gasteiger partial charge in [0, 0.05) is 16.7 Å². The molecule has 0 aliphatic heterocycles. The number of rotatable bonds is 3. The predicted octanol–water partition coefficient (Wildman–Crippen LogP) is 1.61. The van der Waals surface area contributed by atoms with E-state index in [1.807, 2.05) is 20.8 Å². The van der Waals surface area contributed by atoms with Crippen LogP contribution in [0.3, 0.4) is 0 Å². The summed E-state index contributed by atoms with van der Waals surface area (Å²) in [5.41, 5.74) is 3.38. The van der Waals surface area contributed by atoms with Gasteiger partial charge < -0.3 is 9.95 Å². The third kappa shape index (κ3) is 3.54. The molecule has 8 nitrogen and oxygen atoms in total. The Balaban J connectivity index is 2.31. The number of nitrogens with zero attached hydrogens (tertiary/aromatic N) is 3. The van der Waals surface area contributed by atoms with E-state index in [1.54, 1.807) is 19.1 Å². The molecule has 0 fully saturated rings. The van der Waals surface area contributed by atoms with Gasteiger partial charge in [-0.2, -0.15) is 4.98 Å². The number of amides is 1. The first-order valence-corrected chi connectivity index (χ1v) is 6.40. The fourth-order valence-electron chi connectivity index (χ4n) is 1.64. The lowest BCUT2D eigenvalue weighted by Crippen LogP contribution is -2.20. The Labute approximate surface area is 122 Å². The summed E-state index contributed by atoms with van der Waals surface area (Å²) in [7, 11) is 0. The first kappa shape index (κ1) is 14.9. The monoisotopic (exact) mass is 290 g/mol. The van der Waals surface area contributed by atoms with Crippen LogP contribution in [0.5, 0.6) is 0 Å². The SMILES string of the molecule is Cc1noc(NC(=O)c2cc(NN)nc(C(C)(C)C)c2)n1. The molecule has 0 unspecified atom stereocenters. The second-order valence-electron chi connectivity index (χ2n) is 5.62. The minimum atomic E-state index is -0.372. The van der Waals surface area contributed by atoms with Crippen LogP contribution in [0.2, 0.25) is 0 Å². The molecule has 0 aromatic carbocycles. The van der Waals surface area contributed by atoms with Crippen molar-refractivity contribution in [3.05, 3.63) is 29.2 Å². The molecule has 0 bridgehead atoms. The first-order valence-electron chi connectivity index (χ1n) is 6.40. The van der Waals surface area contributed by atoms with Crippen LogP contribution in [0, 0.1) is 6.92 Å². The van der Waals surface area contributed by atoms with E-state index in [1.165, 1.54) is 0 Å². The number of nitrogen functional groups attached to an aromatic ring is 1. The Kier molecular flexibility index (Phi) is 3.90. The molecule has 0 radical (unpaired) electrons. The summed E-state index contributed by atoms with van der Waals surface area (Å²) in [6, 6.07) is 3.31. The fourth-order valence-corrected chi connectivity index (χ4v) is 1.64. The molecule has 21 heavy (non-hydrogen) atoms. The molecule has 0 saturated carbocycles. The van der Waals surface area contributed by atoms with E-state index in [0.717, 1.165) is 5.69 Å². The number of anilines is 2. The average molecular weight is 290 g/mol. The smallest absolute Gasteiger partial charge is 0.315 e. The summed E-state index contributed by atoms with van der Waals surface area (Å²) in [6.45, 7) is 7.66. The van der Waals surface area contributed by atoms with Crippen molar-refractivity contribution in [3.63, 3.8) is 0 Å². The summed E-state index contributed by atoms with van der Waals surface area (Å²) in [5, 5.41) is 6.14. The highest BCUT2D eigenvalue weighted by atomic mass is 16.5. The van der Waals surface area contributed by atoms with Crippen molar-refractivity contribution in [2.24, 2.45) is 5.84 Å². The fraction of sp³-hybridized carbons (Fsp3) is 0.385. The molecule has 1 amide bonds. The Hall–Kier alpha value is -2.48. The number of pyridine rings is 1. The molecule has 4 N–H and O–H groups in total. The van der Waals surface area contributed by atoms with Gasteiger partial charge in [0.1, 0.15) is 5.82 Å². The number of carbonyl (C=O) groups excluding carboxylic acids is 1. The zero-order valence-corrected chi connectivity index (χ0v) is 12.4. The molecule has 0 spiro atoms. The van der Waals surface area contributed by atoms with Crippen LogP contribution in [0.4, 0.5) is 11.8 Å². The zero-order chi connectivity index (χ0) is 15.6. The molecule has 2 heterocycles. The van der Waals surface area contributed by atoms with E-state index >= 15 is 0 Å². The highest BCUT2D eigenvalue weighted by Gasteiger charge is 2.20. The number of aromatic nitrogens is 3. The Morgan fingerprint density at radius 1 is 1.29 bits per heavy atom. The molecule has 8 heteroatoms. The number of nitrogens with one attached hydrogen (secondary N) is 2. The van der Waals surface area contributed by atoms with E-state index in [-0.39, 0.29) is 17.3 Å². The second kappa shape index (κ2) is 5.49. The quantitative estimate of drug-likeness (QED) is 0.580. The lowest BCUT2D eigenvalue weighted by Gasteiger charge is -2.19. The molecule has 0 aliphatic rings. The van der Waals surface area contributed by atoms with E-state index in [9.17, 15) is 4.79 Å². The molecule has 0 saturated heterocycles. The Bertz CT molecular complexity index is 659. The van der Waals surface area contributed by atoms with Gasteiger partial charge in [-0.1, -0.05) is 25.9 Å². The minimum absolute atomic E-state index is 0.0499. The maximum Gasteiger partial charge on any atom is 0.328 e. The van der Waals surface area contributed by atoms with Crippen LogP contribution in [0.25, 0.3) is 0 Å². The first-order chi connectivity index (χ1) is 9.79. The number of nitrogens with two attached hydrogens (primary N) is 1. The molecule has 0 aliphatic carbocycles. The van der Waals surface area contributed by atoms with Crippen molar-refractivity contribution < 1.29 is 9.32 Å². The molecule has 2 rings (SSSR count).